The molecule has 0 amide bonds. The lowest BCUT2D eigenvalue weighted by Gasteiger charge is -2.09. The van der Waals surface area contributed by atoms with E-state index in [1.165, 1.54) is 0 Å². The highest BCUT2D eigenvalue weighted by Crippen LogP contribution is 2.09. The molecular weight excluding hydrogens is 158 g/mol. The van der Waals surface area contributed by atoms with Crippen LogP contribution in [0.2, 0.25) is 0 Å². The second kappa shape index (κ2) is 6.79. The molecule has 3 N–H and O–H groups in total. The Morgan fingerprint density at radius 2 is 2.25 bits per heavy atom. The van der Waals surface area contributed by atoms with E-state index >= 15 is 0 Å². The number of aliphatic carboxylic acids is 1. The van der Waals surface area contributed by atoms with Gasteiger partial charge < -0.3 is 15.6 Å². The van der Waals surface area contributed by atoms with Crippen LogP contribution in [0.1, 0.15) is 25.7 Å². The van der Waals surface area contributed by atoms with Gasteiger partial charge in [0.05, 0.1) is 0 Å². The molecule has 0 aromatic rings. The molecular formula is C8H15NO3. The lowest BCUT2D eigenvalue weighted by molar-refractivity contribution is -0.137. The third kappa shape index (κ3) is 5.85. The highest BCUT2D eigenvalue weighted by Gasteiger charge is 2.06. The molecule has 0 fully saturated rings. The minimum atomic E-state index is -0.795. The van der Waals surface area contributed by atoms with Gasteiger partial charge >= 0.3 is 5.97 Å². The van der Waals surface area contributed by atoms with Crippen LogP contribution < -0.4 is 5.73 Å². The van der Waals surface area contributed by atoms with Crippen molar-refractivity contribution in [2.24, 2.45) is 11.7 Å². The normalized spacial score (nSPS) is 12.4. The summed E-state index contributed by atoms with van der Waals surface area (Å²) >= 11 is 0. The summed E-state index contributed by atoms with van der Waals surface area (Å²) in [4.78, 5) is 20.2. The average molecular weight is 173 g/mol. The molecule has 0 bridgehead atoms. The van der Waals surface area contributed by atoms with Crippen molar-refractivity contribution >= 4 is 12.3 Å². The van der Waals surface area contributed by atoms with Crippen LogP contribution in [0, 0.1) is 5.92 Å². The lowest BCUT2D eigenvalue weighted by atomic mass is 9.99. The summed E-state index contributed by atoms with van der Waals surface area (Å²) in [6, 6.07) is 0. The maximum Gasteiger partial charge on any atom is 0.303 e. The van der Waals surface area contributed by atoms with Gasteiger partial charge in [-0.25, -0.2) is 0 Å². The van der Waals surface area contributed by atoms with E-state index in [0.29, 0.717) is 19.4 Å². The molecule has 0 heterocycles. The monoisotopic (exact) mass is 173 g/mol. The maximum atomic E-state index is 10.1. The Hall–Kier alpha value is -0.900. The first-order chi connectivity index (χ1) is 5.70. The number of carbonyl (C=O) groups is 2. The van der Waals surface area contributed by atoms with Crippen molar-refractivity contribution in [3.05, 3.63) is 0 Å². The molecule has 4 heteroatoms. The SMILES string of the molecule is NCC(CC=O)CCCC(=O)O. The number of carbonyl (C=O) groups excluding carboxylic acids is 1. The number of rotatable bonds is 7. The minimum Gasteiger partial charge on any atom is -0.481 e. The number of carboxylic acids is 1. The van der Waals surface area contributed by atoms with Crippen LogP contribution >= 0.6 is 0 Å². The largest absolute Gasteiger partial charge is 0.481 e. The second-order valence-electron chi connectivity index (χ2n) is 2.79. The van der Waals surface area contributed by atoms with E-state index in [-0.39, 0.29) is 12.3 Å². The van der Waals surface area contributed by atoms with Crippen molar-refractivity contribution in [2.45, 2.75) is 25.7 Å². The van der Waals surface area contributed by atoms with E-state index < -0.39 is 5.97 Å². The lowest BCUT2D eigenvalue weighted by Crippen LogP contribution is -2.15. The van der Waals surface area contributed by atoms with Gasteiger partial charge in [0, 0.05) is 12.8 Å². The second-order valence-corrected chi connectivity index (χ2v) is 2.79. The molecule has 0 saturated heterocycles. The zero-order valence-corrected chi connectivity index (χ0v) is 7.03. The fourth-order valence-corrected chi connectivity index (χ4v) is 1.01. The minimum absolute atomic E-state index is 0.154. The van der Waals surface area contributed by atoms with Crippen molar-refractivity contribution in [1.82, 2.24) is 0 Å². The summed E-state index contributed by atoms with van der Waals surface area (Å²) in [6.07, 6.45) is 2.76. The standard InChI is InChI=1S/C8H15NO3/c9-6-7(4-5-10)2-1-3-8(11)12/h5,7H,1-4,6,9H2,(H,11,12). The highest BCUT2D eigenvalue weighted by atomic mass is 16.4. The summed E-state index contributed by atoms with van der Waals surface area (Å²) in [6.45, 7) is 0.457. The topological polar surface area (TPSA) is 80.4 Å². The summed E-state index contributed by atoms with van der Waals surface area (Å²) in [5, 5.41) is 8.33. The van der Waals surface area contributed by atoms with E-state index in [1.807, 2.05) is 0 Å². The molecule has 0 rings (SSSR count). The number of aldehydes is 1. The molecule has 4 nitrogen and oxygen atoms in total. The van der Waals surface area contributed by atoms with Gasteiger partial charge in [-0.05, 0) is 25.3 Å². The molecule has 1 atom stereocenters. The third-order valence-corrected chi connectivity index (χ3v) is 1.77. The van der Waals surface area contributed by atoms with Crippen molar-refractivity contribution < 1.29 is 14.7 Å². The fourth-order valence-electron chi connectivity index (χ4n) is 1.01. The van der Waals surface area contributed by atoms with E-state index in [2.05, 4.69) is 0 Å². The molecule has 0 aromatic heterocycles. The van der Waals surface area contributed by atoms with E-state index in [4.69, 9.17) is 10.8 Å². The zero-order chi connectivity index (χ0) is 9.40. The molecule has 0 spiro atoms. The molecule has 0 aliphatic carbocycles. The van der Waals surface area contributed by atoms with E-state index in [9.17, 15) is 9.59 Å². The average Bonchev–Trinajstić information content (AvgIpc) is 2.02. The number of nitrogens with two attached hydrogens (primary N) is 1. The van der Waals surface area contributed by atoms with Gasteiger partial charge in [0.25, 0.3) is 0 Å². The Bertz CT molecular complexity index is 147. The Balaban J connectivity index is 3.43. The van der Waals surface area contributed by atoms with Gasteiger partial charge in [0.15, 0.2) is 0 Å². The summed E-state index contributed by atoms with van der Waals surface area (Å²) in [5.41, 5.74) is 5.37. The maximum absolute atomic E-state index is 10.1. The Kier molecular flexibility index (Phi) is 6.28. The van der Waals surface area contributed by atoms with Crippen LogP contribution in [-0.4, -0.2) is 23.9 Å². The Labute approximate surface area is 71.8 Å². The van der Waals surface area contributed by atoms with Crippen LogP contribution in [-0.2, 0) is 9.59 Å². The predicted octanol–water partition coefficient (Wildman–Crippen LogP) is 0.405. The number of hydrogen-bond donors (Lipinski definition) is 2. The van der Waals surface area contributed by atoms with Crippen LogP contribution in [0.4, 0.5) is 0 Å². The number of carboxylic acid groups (broad SMARTS) is 1. The van der Waals surface area contributed by atoms with Crippen LogP contribution in [0.3, 0.4) is 0 Å². The first kappa shape index (κ1) is 11.1. The molecule has 0 aliphatic heterocycles. The van der Waals surface area contributed by atoms with Crippen molar-refractivity contribution in [3.63, 3.8) is 0 Å². The summed E-state index contributed by atoms with van der Waals surface area (Å²) < 4.78 is 0. The van der Waals surface area contributed by atoms with Gasteiger partial charge in [-0.15, -0.1) is 0 Å². The molecule has 0 aliphatic rings. The summed E-state index contributed by atoms with van der Waals surface area (Å²) in [5.74, 6) is -0.640. The molecule has 12 heavy (non-hydrogen) atoms. The quantitative estimate of drug-likeness (QED) is 0.546. The van der Waals surface area contributed by atoms with Crippen molar-refractivity contribution in [1.29, 1.82) is 0 Å². The van der Waals surface area contributed by atoms with Gasteiger partial charge in [-0.2, -0.15) is 0 Å². The molecule has 70 valence electrons. The van der Waals surface area contributed by atoms with Crippen LogP contribution in [0.15, 0.2) is 0 Å². The molecule has 0 saturated carbocycles. The van der Waals surface area contributed by atoms with Gasteiger partial charge in [-0.3, -0.25) is 4.79 Å². The molecule has 1 unspecified atom stereocenters. The Morgan fingerprint density at radius 3 is 2.67 bits per heavy atom. The molecule has 0 aromatic carbocycles. The van der Waals surface area contributed by atoms with E-state index in [0.717, 1.165) is 12.7 Å². The van der Waals surface area contributed by atoms with Gasteiger partial charge in [0.2, 0.25) is 0 Å². The van der Waals surface area contributed by atoms with Gasteiger partial charge in [-0.1, -0.05) is 0 Å². The third-order valence-electron chi connectivity index (χ3n) is 1.77. The Morgan fingerprint density at radius 1 is 1.58 bits per heavy atom. The highest BCUT2D eigenvalue weighted by molar-refractivity contribution is 5.66. The first-order valence-corrected chi connectivity index (χ1v) is 4.06. The number of hydrogen-bond acceptors (Lipinski definition) is 3. The fraction of sp³-hybridized carbons (Fsp3) is 0.750. The van der Waals surface area contributed by atoms with Crippen LogP contribution in [0.5, 0.6) is 0 Å². The van der Waals surface area contributed by atoms with Crippen molar-refractivity contribution in [3.8, 4) is 0 Å². The van der Waals surface area contributed by atoms with Crippen LogP contribution in [0.25, 0.3) is 0 Å². The predicted molar refractivity (Wildman–Crippen MR) is 44.7 cm³/mol. The zero-order valence-electron chi connectivity index (χ0n) is 7.03. The van der Waals surface area contributed by atoms with Crippen molar-refractivity contribution in [2.75, 3.05) is 6.54 Å². The van der Waals surface area contributed by atoms with Gasteiger partial charge in [0.1, 0.15) is 6.29 Å². The smallest absolute Gasteiger partial charge is 0.303 e. The summed E-state index contributed by atoms with van der Waals surface area (Å²) in [7, 11) is 0. The van der Waals surface area contributed by atoms with E-state index in [1.54, 1.807) is 0 Å². The first-order valence-electron chi connectivity index (χ1n) is 4.06. The molecule has 0 radical (unpaired) electrons.